The molecule has 1 aliphatic rings. The van der Waals surface area contributed by atoms with Gasteiger partial charge in [0.2, 0.25) is 5.91 Å². The maximum absolute atomic E-state index is 12.1. The number of amides is 3. The minimum Gasteiger partial charge on any atom is -0.481 e. The molecule has 21 heavy (non-hydrogen) atoms. The minimum atomic E-state index is -0.944. The third-order valence-corrected chi connectivity index (χ3v) is 3.17. The van der Waals surface area contributed by atoms with Crippen molar-refractivity contribution in [2.45, 2.75) is 58.0 Å². The lowest BCUT2D eigenvalue weighted by atomic mass is 10.1. The van der Waals surface area contributed by atoms with E-state index in [2.05, 4.69) is 10.6 Å². The number of carboxylic acid groups (broad SMARTS) is 1. The number of hydrogen-bond acceptors (Lipinski definition) is 3. The summed E-state index contributed by atoms with van der Waals surface area (Å²) < 4.78 is 0. The summed E-state index contributed by atoms with van der Waals surface area (Å²) in [7, 11) is 0. The van der Waals surface area contributed by atoms with E-state index in [4.69, 9.17) is 5.11 Å². The van der Waals surface area contributed by atoms with Gasteiger partial charge < -0.3 is 20.6 Å². The Kier molecular flexibility index (Phi) is 5.99. The third kappa shape index (κ3) is 6.97. The molecule has 120 valence electrons. The van der Waals surface area contributed by atoms with Crippen LogP contribution in [0.5, 0.6) is 0 Å². The molecule has 7 nitrogen and oxygen atoms in total. The molecule has 1 rings (SSSR count). The van der Waals surface area contributed by atoms with E-state index in [0.717, 1.165) is 12.8 Å². The SMILES string of the molecule is CC(C)(C)N(CCC(=O)O)C(=O)NCCC(=O)NC1CC1. The van der Waals surface area contributed by atoms with Gasteiger partial charge in [0.05, 0.1) is 6.42 Å². The van der Waals surface area contributed by atoms with Crippen LogP contribution in [-0.2, 0) is 9.59 Å². The largest absolute Gasteiger partial charge is 0.481 e. The van der Waals surface area contributed by atoms with Crippen LogP contribution in [0, 0.1) is 0 Å². The second-order valence-corrected chi connectivity index (χ2v) is 6.29. The van der Waals surface area contributed by atoms with Gasteiger partial charge in [-0.15, -0.1) is 0 Å². The summed E-state index contributed by atoms with van der Waals surface area (Å²) in [6.45, 7) is 5.91. The zero-order valence-electron chi connectivity index (χ0n) is 12.9. The van der Waals surface area contributed by atoms with Gasteiger partial charge in [-0.2, -0.15) is 0 Å². The lowest BCUT2D eigenvalue weighted by Crippen LogP contribution is -2.51. The predicted octanol–water partition coefficient (Wildman–Crippen LogP) is 0.940. The topological polar surface area (TPSA) is 98.7 Å². The van der Waals surface area contributed by atoms with Crippen LogP contribution in [0.25, 0.3) is 0 Å². The Labute approximate surface area is 125 Å². The third-order valence-electron chi connectivity index (χ3n) is 3.17. The molecule has 0 saturated heterocycles. The summed E-state index contributed by atoms with van der Waals surface area (Å²) in [5.74, 6) is -1.01. The Morgan fingerprint density at radius 3 is 2.29 bits per heavy atom. The zero-order valence-corrected chi connectivity index (χ0v) is 12.9. The quantitative estimate of drug-likeness (QED) is 0.651. The Balaban J connectivity index is 2.36. The van der Waals surface area contributed by atoms with Crippen molar-refractivity contribution in [1.29, 1.82) is 0 Å². The molecule has 3 amide bonds. The molecule has 0 aliphatic heterocycles. The maximum Gasteiger partial charge on any atom is 0.317 e. The number of nitrogens with one attached hydrogen (secondary N) is 2. The first-order chi connectivity index (χ1) is 9.70. The van der Waals surface area contributed by atoms with Crippen LogP contribution in [-0.4, -0.2) is 52.6 Å². The lowest BCUT2D eigenvalue weighted by molar-refractivity contribution is -0.137. The first kappa shape index (κ1) is 17.3. The number of hydrogen-bond donors (Lipinski definition) is 3. The molecule has 3 N–H and O–H groups in total. The summed E-state index contributed by atoms with van der Waals surface area (Å²) in [5.41, 5.74) is -0.476. The zero-order chi connectivity index (χ0) is 16.0. The second-order valence-electron chi connectivity index (χ2n) is 6.29. The number of carbonyl (C=O) groups excluding carboxylic acids is 2. The molecule has 0 unspecified atom stereocenters. The number of nitrogens with zero attached hydrogens (tertiary/aromatic N) is 1. The van der Waals surface area contributed by atoms with Crippen molar-refractivity contribution in [3.8, 4) is 0 Å². The summed E-state index contributed by atoms with van der Waals surface area (Å²) in [6.07, 6.45) is 2.20. The molecule has 1 saturated carbocycles. The van der Waals surface area contributed by atoms with E-state index >= 15 is 0 Å². The van der Waals surface area contributed by atoms with E-state index in [9.17, 15) is 14.4 Å². The molecule has 0 spiro atoms. The van der Waals surface area contributed by atoms with Crippen LogP contribution in [0.1, 0.15) is 46.5 Å². The first-order valence-electron chi connectivity index (χ1n) is 7.27. The highest BCUT2D eigenvalue weighted by molar-refractivity contribution is 5.79. The average molecular weight is 299 g/mol. The van der Waals surface area contributed by atoms with Crippen molar-refractivity contribution in [2.75, 3.05) is 13.1 Å². The van der Waals surface area contributed by atoms with Crippen molar-refractivity contribution < 1.29 is 19.5 Å². The summed E-state index contributed by atoms with van der Waals surface area (Å²) in [6, 6.07) is -0.0298. The number of carbonyl (C=O) groups is 3. The molecule has 0 heterocycles. The van der Waals surface area contributed by atoms with Gasteiger partial charge in [0.15, 0.2) is 0 Å². The molecule has 0 aromatic heterocycles. The van der Waals surface area contributed by atoms with Crippen LogP contribution in [0.4, 0.5) is 4.79 Å². The monoisotopic (exact) mass is 299 g/mol. The molecule has 0 aromatic rings. The van der Waals surface area contributed by atoms with Gasteiger partial charge in [-0.25, -0.2) is 4.79 Å². The fraction of sp³-hybridized carbons (Fsp3) is 0.786. The van der Waals surface area contributed by atoms with Crippen LogP contribution in [0.3, 0.4) is 0 Å². The minimum absolute atomic E-state index is 0.0642. The number of urea groups is 1. The molecule has 7 heteroatoms. The maximum atomic E-state index is 12.1. The van der Waals surface area contributed by atoms with Gasteiger partial charge >= 0.3 is 12.0 Å². The molecule has 0 radical (unpaired) electrons. The Bertz CT molecular complexity index is 400. The van der Waals surface area contributed by atoms with Crippen LogP contribution in [0.15, 0.2) is 0 Å². The molecular formula is C14H25N3O4. The van der Waals surface area contributed by atoms with Crippen LogP contribution >= 0.6 is 0 Å². The van der Waals surface area contributed by atoms with E-state index in [1.807, 2.05) is 20.8 Å². The summed E-state index contributed by atoms with van der Waals surface area (Å²) in [5, 5.41) is 14.3. The van der Waals surface area contributed by atoms with E-state index in [-0.39, 0.29) is 37.9 Å². The lowest BCUT2D eigenvalue weighted by Gasteiger charge is -2.35. The number of carboxylic acids is 1. The van der Waals surface area contributed by atoms with Gasteiger partial charge in [-0.1, -0.05) is 0 Å². The molecular weight excluding hydrogens is 274 g/mol. The van der Waals surface area contributed by atoms with Crippen LogP contribution in [0.2, 0.25) is 0 Å². The summed E-state index contributed by atoms with van der Waals surface area (Å²) >= 11 is 0. The summed E-state index contributed by atoms with van der Waals surface area (Å²) in [4.78, 5) is 35.7. The molecule has 0 aromatic carbocycles. The normalized spacial score (nSPS) is 14.4. The van der Waals surface area contributed by atoms with Crippen molar-refractivity contribution in [2.24, 2.45) is 0 Å². The highest BCUT2D eigenvalue weighted by Crippen LogP contribution is 2.18. The fourth-order valence-corrected chi connectivity index (χ4v) is 1.85. The van der Waals surface area contributed by atoms with Gasteiger partial charge in [-0.3, -0.25) is 9.59 Å². The van der Waals surface area contributed by atoms with Crippen molar-refractivity contribution in [1.82, 2.24) is 15.5 Å². The Hall–Kier alpha value is -1.79. The molecule has 0 bridgehead atoms. The highest BCUT2D eigenvalue weighted by Gasteiger charge is 2.27. The predicted molar refractivity (Wildman–Crippen MR) is 77.9 cm³/mol. The highest BCUT2D eigenvalue weighted by atomic mass is 16.4. The van der Waals surface area contributed by atoms with Gasteiger partial charge in [-0.05, 0) is 33.6 Å². The van der Waals surface area contributed by atoms with Gasteiger partial charge in [0, 0.05) is 31.1 Å². The first-order valence-corrected chi connectivity index (χ1v) is 7.27. The van der Waals surface area contributed by atoms with Crippen molar-refractivity contribution >= 4 is 17.9 Å². The Morgan fingerprint density at radius 2 is 1.81 bits per heavy atom. The van der Waals surface area contributed by atoms with E-state index in [0.29, 0.717) is 6.04 Å². The van der Waals surface area contributed by atoms with Gasteiger partial charge in [0.1, 0.15) is 0 Å². The van der Waals surface area contributed by atoms with E-state index in [1.165, 1.54) is 4.90 Å². The van der Waals surface area contributed by atoms with Gasteiger partial charge in [0.25, 0.3) is 0 Å². The second kappa shape index (κ2) is 7.28. The van der Waals surface area contributed by atoms with Crippen molar-refractivity contribution in [3.63, 3.8) is 0 Å². The Morgan fingerprint density at radius 1 is 1.19 bits per heavy atom. The standard InChI is InChI=1S/C14H25N3O4/c1-14(2,3)17(9-7-12(19)20)13(21)15-8-6-11(18)16-10-4-5-10/h10H,4-9H2,1-3H3,(H,15,21)(H,16,18)(H,19,20). The fourth-order valence-electron chi connectivity index (χ4n) is 1.85. The van der Waals surface area contributed by atoms with E-state index < -0.39 is 11.5 Å². The smallest absolute Gasteiger partial charge is 0.317 e. The molecule has 1 fully saturated rings. The number of rotatable bonds is 7. The van der Waals surface area contributed by atoms with Crippen LogP contribution < -0.4 is 10.6 Å². The molecule has 0 atom stereocenters. The van der Waals surface area contributed by atoms with E-state index in [1.54, 1.807) is 0 Å². The van der Waals surface area contributed by atoms with Crippen molar-refractivity contribution in [3.05, 3.63) is 0 Å². The average Bonchev–Trinajstić information content (AvgIpc) is 3.10. The number of aliphatic carboxylic acids is 1. The molecule has 1 aliphatic carbocycles.